The van der Waals surface area contributed by atoms with E-state index in [1.807, 2.05) is 0 Å². The van der Waals surface area contributed by atoms with Crippen molar-refractivity contribution in [2.45, 2.75) is 20.3 Å². The minimum atomic E-state index is 0.902. The maximum absolute atomic E-state index is 3.38. The largest absolute Gasteiger partial charge is 0.316 e. The van der Waals surface area contributed by atoms with Gasteiger partial charge >= 0.3 is 0 Å². The van der Waals surface area contributed by atoms with Crippen LogP contribution in [0.3, 0.4) is 0 Å². The van der Waals surface area contributed by atoms with E-state index in [0.29, 0.717) is 0 Å². The van der Waals surface area contributed by atoms with Gasteiger partial charge in [0, 0.05) is 0 Å². The molecule has 60 valence electrons. The third-order valence-electron chi connectivity index (χ3n) is 1.79. The zero-order chi connectivity index (χ0) is 7.98. The van der Waals surface area contributed by atoms with Crippen molar-refractivity contribution in [2.75, 3.05) is 13.1 Å². The van der Waals surface area contributed by atoms with Gasteiger partial charge in [0.15, 0.2) is 0 Å². The molecule has 2 unspecified atom stereocenters. The van der Waals surface area contributed by atoms with E-state index in [2.05, 4.69) is 32.3 Å². The van der Waals surface area contributed by atoms with E-state index in [0.717, 1.165) is 11.8 Å². The van der Waals surface area contributed by atoms with Gasteiger partial charge in [0.1, 0.15) is 0 Å². The monoisotopic (exact) mass is 141 g/mol. The molecule has 0 spiro atoms. The first-order chi connectivity index (χ1) is 4.79. The van der Waals surface area contributed by atoms with Gasteiger partial charge in [0.2, 0.25) is 0 Å². The molecule has 1 aliphatic heterocycles. The zero-order valence-corrected chi connectivity index (χ0v) is 7.19. The van der Waals surface area contributed by atoms with Gasteiger partial charge < -0.3 is 5.32 Å². The lowest BCUT2D eigenvalue weighted by Crippen LogP contribution is -2.33. The molecule has 1 rings (SSSR count). The van der Waals surface area contributed by atoms with Gasteiger partial charge in [-0.1, -0.05) is 13.8 Å². The van der Waals surface area contributed by atoms with Crippen LogP contribution < -0.4 is 5.32 Å². The molecule has 0 aromatic carbocycles. The first kappa shape index (κ1) is 9.70. The van der Waals surface area contributed by atoms with Crippen LogP contribution in [0.4, 0.5) is 0 Å². The molecule has 1 fully saturated rings. The van der Waals surface area contributed by atoms with Crippen LogP contribution >= 0.6 is 0 Å². The molecule has 0 amide bonds. The van der Waals surface area contributed by atoms with Crippen LogP contribution in [0.25, 0.3) is 0 Å². The molecule has 1 aliphatic rings. The van der Waals surface area contributed by atoms with Gasteiger partial charge in [-0.25, -0.2) is 0 Å². The van der Waals surface area contributed by atoms with Crippen molar-refractivity contribution >= 4 is 0 Å². The van der Waals surface area contributed by atoms with E-state index in [4.69, 9.17) is 0 Å². The van der Waals surface area contributed by atoms with Crippen LogP contribution in [0.5, 0.6) is 0 Å². The average Bonchev–Trinajstić information content (AvgIpc) is 1.91. The summed E-state index contributed by atoms with van der Waals surface area (Å²) in [4.78, 5) is 0. The molecule has 1 saturated heterocycles. The van der Waals surface area contributed by atoms with Crippen LogP contribution in [0.15, 0.2) is 13.2 Å². The lowest BCUT2D eigenvalue weighted by molar-refractivity contribution is 0.321. The molecular formula is C9H19N. The van der Waals surface area contributed by atoms with Crippen LogP contribution in [-0.4, -0.2) is 13.1 Å². The highest BCUT2D eigenvalue weighted by Gasteiger charge is 2.12. The fourth-order valence-corrected chi connectivity index (χ4v) is 1.43. The molecule has 0 aliphatic carbocycles. The van der Waals surface area contributed by atoms with Crippen molar-refractivity contribution in [3.05, 3.63) is 13.2 Å². The van der Waals surface area contributed by atoms with Crippen molar-refractivity contribution < 1.29 is 0 Å². The van der Waals surface area contributed by atoms with Gasteiger partial charge in [-0.3, -0.25) is 0 Å². The molecular weight excluding hydrogens is 122 g/mol. The summed E-state index contributed by atoms with van der Waals surface area (Å²) < 4.78 is 0. The van der Waals surface area contributed by atoms with E-state index in [1.165, 1.54) is 19.5 Å². The molecule has 1 heteroatoms. The Morgan fingerprint density at radius 2 is 1.50 bits per heavy atom. The smallest absolute Gasteiger partial charge is 0.00229 e. The third kappa shape index (κ3) is 3.67. The van der Waals surface area contributed by atoms with E-state index in [9.17, 15) is 0 Å². The lowest BCUT2D eigenvalue weighted by atomic mass is 9.94. The summed E-state index contributed by atoms with van der Waals surface area (Å²) in [7, 11) is 0. The Morgan fingerprint density at radius 1 is 1.10 bits per heavy atom. The molecule has 1 heterocycles. The Hall–Kier alpha value is -0.300. The van der Waals surface area contributed by atoms with Gasteiger partial charge in [-0.2, -0.15) is 0 Å². The number of hydrogen-bond acceptors (Lipinski definition) is 1. The normalized spacial score (nSPS) is 32.2. The maximum atomic E-state index is 3.38. The number of rotatable bonds is 0. The first-order valence-electron chi connectivity index (χ1n) is 3.99. The van der Waals surface area contributed by atoms with E-state index < -0.39 is 0 Å². The molecule has 1 N–H and O–H groups in total. The number of piperidine rings is 1. The Balaban J connectivity index is 0.000000371. The highest BCUT2D eigenvalue weighted by Crippen LogP contribution is 2.13. The van der Waals surface area contributed by atoms with E-state index in [1.54, 1.807) is 0 Å². The fourth-order valence-electron chi connectivity index (χ4n) is 1.43. The molecule has 0 bridgehead atoms. The summed E-state index contributed by atoms with van der Waals surface area (Å²) in [6, 6.07) is 0. The number of nitrogens with one attached hydrogen (secondary N) is 1. The van der Waals surface area contributed by atoms with Crippen LogP contribution in [-0.2, 0) is 0 Å². The summed E-state index contributed by atoms with van der Waals surface area (Å²) in [5.41, 5.74) is 0. The van der Waals surface area contributed by atoms with Crippen molar-refractivity contribution in [1.29, 1.82) is 0 Å². The Labute approximate surface area is 64.5 Å². The summed E-state index contributed by atoms with van der Waals surface area (Å²) in [5.74, 6) is 1.80. The second kappa shape index (κ2) is 5.48. The Bertz CT molecular complexity index is 72.8. The van der Waals surface area contributed by atoms with Gasteiger partial charge in [0.25, 0.3) is 0 Å². The molecule has 1 nitrogen and oxygen atoms in total. The lowest BCUT2D eigenvalue weighted by Gasteiger charge is -2.24. The molecule has 2 atom stereocenters. The van der Waals surface area contributed by atoms with Gasteiger partial charge in [0.05, 0.1) is 0 Å². The molecule has 0 radical (unpaired) electrons. The van der Waals surface area contributed by atoms with Crippen LogP contribution in [0.2, 0.25) is 0 Å². The van der Waals surface area contributed by atoms with Crippen LogP contribution in [0.1, 0.15) is 20.3 Å². The van der Waals surface area contributed by atoms with Crippen molar-refractivity contribution in [3.63, 3.8) is 0 Å². The third-order valence-corrected chi connectivity index (χ3v) is 1.79. The topological polar surface area (TPSA) is 12.0 Å². The van der Waals surface area contributed by atoms with E-state index in [-0.39, 0.29) is 0 Å². The molecule has 0 aromatic rings. The summed E-state index contributed by atoms with van der Waals surface area (Å²) in [5, 5.41) is 3.38. The SMILES string of the molecule is C=C.CC1CNCC(C)C1. The highest BCUT2D eigenvalue weighted by molar-refractivity contribution is 4.69. The number of hydrogen-bond donors (Lipinski definition) is 1. The van der Waals surface area contributed by atoms with Crippen molar-refractivity contribution in [2.24, 2.45) is 11.8 Å². The summed E-state index contributed by atoms with van der Waals surface area (Å²) >= 11 is 0. The standard InChI is InChI=1S/C7H15N.C2H4/c1-6-3-7(2)5-8-4-6;1-2/h6-8H,3-5H2,1-2H3;1-2H2. The summed E-state index contributed by atoms with van der Waals surface area (Å²) in [6.07, 6.45) is 1.41. The average molecular weight is 141 g/mol. The van der Waals surface area contributed by atoms with Gasteiger partial charge in [-0.05, 0) is 31.3 Å². The molecule has 0 aromatic heterocycles. The first-order valence-corrected chi connectivity index (χ1v) is 3.99. The molecule has 0 saturated carbocycles. The van der Waals surface area contributed by atoms with E-state index >= 15 is 0 Å². The minimum absolute atomic E-state index is 0.902. The quantitative estimate of drug-likeness (QED) is 0.509. The van der Waals surface area contributed by atoms with Gasteiger partial charge in [-0.15, -0.1) is 13.2 Å². The minimum Gasteiger partial charge on any atom is -0.316 e. The predicted octanol–water partition coefficient (Wildman–Crippen LogP) is 2.05. The zero-order valence-electron chi connectivity index (χ0n) is 7.19. The van der Waals surface area contributed by atoms with Crippen LogP contribution in [0, 0.1) is 11.8 Å². The fraction of sp³-hybridized carbons (Fsp3) is 0.778. The highest BCUT2D eigenvalue weighted by atomic mass is 14.9. The second-order valence-corrected chi connectivity index (χ2v) is 3.10. The molecule has 10 heavy (non-hydrogen) atoms. The Morgan fingerprint density at radius 3 is 1.70 bits per heavy atom. The second-order valence-electron chi connectivity index (χ2n) is 3.10. The summed E-state index contributed by atoms with van der Waals surface area (Å²) in [6.45, 7) is 13.1. The maximum Gasteiger partial charge on any atom is -0.00229 e. The van der Waals surface area contributed by atoms with Crippen molar-refractivity contribution in [1.82, 2.24) is 5.32 Å². The Kier molecular flexibility index (Phi) is 5.32. The predicted molar refractivity (Wildman–Crippen MR) is 47.1 cm³/mol. The van der Waals surface area contributed by atoms with Crippen molar-refractivity contribution in [3.8, 4) is 0 Å².